The topological polar surface area (TPSA) is 77.9 Å². The van der Waals surface area contributed by atoms with Gasteiger partial charge < -0.3 is 9.73 Å². The van der Waals surface area contributed by atoms with Gasteiger partial charge in [0.1, 0.15) is 5.82 Å². The molecular formula is C23H19F6N5O2. The van der Waals surface area contributed by atoms with Crippen LogP contribution >= 0.6 is 0 Å². The highest BCUT2D eigenvalue weighted by molar-refractivity contribution is 5.77. The van der Waals surface area contributed by atoms with Crippen molar-refractivity contribution < 1.29 is 30.8 Å². The zero-order valence-electron chi connectivity index (χ0n) is 18.5. The second kappa shape index (κ2) is 9.12. The monoisotopic (exact) mass is 511 g/mol. The van der Waals surface area contributed by atoms with Crippen molar-refractivity contribution in [3.05, 3.63) is 69.7 Å². The fourth-order valence-corrected chi connectivity index (χ4v) is 4.44. The van der Waals surface area contributed by atoms with Crippen molar-refractivity contribution in [2.75, 3.05) is 13.1 Å². The van der Waals surface area contributed by atoms with E-state index in [-0.39, 0.29) is 35.1 Å². The minimum absolute atomic E-state index is 0.0104. The molecule has 1 fully saturated rings. The Morgan fingerprint density at radius 1 is 1.06 bits per heavy atom. The quantitative estimate of drug-likeness (QED) is 0.385. The van der Waals surface area contributed by atoms with Crippen LogP contribution in [-0.2, 0) is 12.7 Å². The molecule has 3 heterocycles. The molecule has 0 atom stereocenters. The molecule has 2 aromatic carbocycles. The Labute approximate surface area is 199 Å². The van der Waals surface area contributed by atoms with Gasteiger partial charge in [-0.2, -0.15) is 22.0 Å². The number of nitrogens with one attached hydrogen (secondary N) is 1. The molecule has 2 aromatic heterocycles. The molecule has 4 aromatic rings. The van der Waals surface area contributed by atoms with E-state index in [0.717, 1.165) is 22.8 Å². The van der Waals surface area contributed by atoms with Crippen molar-refractivity contribution in [2.45, 2.75) is 38.0 Å². The number of nitrogens with zero attached hydrogens (tertiary/aromatic N) is 4. The molecule has 0 radical (unpaired) electrons. The molecule has 1 aliphatic rings. The summed E-state index contributed by atoms with van der Waals surface area (Å²) in [7, 11) is 0. The number of imidazole rings is 1. The van der Waals surface area contributed by atoms with Gasteiger partial charge in [-0.1, -0.05) is 6.07 Å². The third kappa shape index (κ3) is 4.38. The molecule has 1 aliphatic heterocycles. The van der Waals surface area contributed by atoms with Crippen LogP contribution in [0.15, 0.2) is 45.6 Å². The maximum absolute atomic E-state index is 15.0. The van der Waals surface area contributed by atoms with E-state index in [1.165, 1.54) is 22.8 Å². The summed E-state index contributed by atoms with van der Waals surface area (Å²) in [5, 5.41) is 9.85. The summed E-state index contributed by atoms with van der Waals surface area (Å²) in [5.41, 5.74) is -1.04. The number of aromatic nitrogens is 4. The summed E-state index contributed by atoms with van der Waals surface area (Å²) < 4.78 is 88.1. The first kappa shape index (κ1) is 24.1. The SMILES string of the molecule is O=c1n(Cc2ccc(-c3nnc(C(F)F)o3)cc2F)c2cc(C(F)(F)F)ccc2n1C1CCNCC1. The van der Waals surface area contributed by atoms with Gasteiger partial charge in [0, 0.05) is 17.2 Å². The van der Waals surface area contributed by atoms with E-state index in [9.17, 15) is 26.7 Å². The summed E-state index contributed by atoms with van der Waals surface area (Å²) >= 11 is 0. The molecule has 0 spiro atoms. The molecule has 13 heteroatoms. The van der Waals surface area contributed by atoms with E-state index in [0.29, 0.717) is 31.4 Å². The normalized spacial score (nSPS) is 15.3. The average Bonchev–Trinajstić information content (AvgIpc) is 3.44. The fraction of sp³-hybridized carbons (Fsp3) is 0.348. The first-order valence-corrected chi connectivity index (χ1v) is 11.1. The molecular weight excluding hydrogens is 492 g/mol. The van der Waals surface area contributed by atoms with Gasteiger partial charge >= 0.3 is 18.3 Å². The Hall–Kier alpha value is -3.61. The van der Waals surface area contributed by atoms with Gasteiger partial charge in [-0.25, -0.2) is 9.18 Å². The standard InChI is InChI=1S/C23H19F6N5O2/c24-16-9-12(20-31-32-21(36-20)19(25)26)1-2-13(16)11-33-18-10-14(23(27,28)29)3-4-17(18)34(22(33)35)15-5-7-30-8-6-15/h1-4,9-10,15,19,30H,5-8,11H2. The van der Waals surface area contributed by atoms with Crippen LogP contribution in [-0.4, -0.2) is 32.4 Å². The molecule has 0 bridgehead atoms. The van der Waals surface area contributed by atoms with E-state index >= 15 is 4.39 Å². The van der Waals surface area contributed by atoms with Crippen LogP contribution in [0.25, 0.3) is 22.5 Å². The van der Waals surface area contributed by atoms with E-state index in [2.05, 4.69) is 15.5 Å². The van der Waals surface area contributed by atoms with Crippen molar-refractivity contribution in [1.82, 2.24) is 24.6 Å². The van der Waals surface area contributed by atoms with E-state index in [1.807, 2.05) is 0 Å². The van der Waals surface area contributed by atoms with Gasteiger partial charge in [-0.15, -0.1) is 10.2 Å². The van der Waals surface area contributed by atoms with E-state index in [4.69, 9.17) is 4.42 Å². The van der Waals surface area contributed by atoms with Gasteiger partial charge in [0.15, 0.2) is 0 Å². The van der Waals surface area contributed by atoms with Gasteiger partial charge in [-0.3, -0.25) is 9.13 Å². The number of hydrogen-bond acceptors (Lipinski definition) is 5. The van der Waals surface area contributed by atoms with Crippen LogP contribution in [0.5, 0.6) is 0 Å². The van der Waals surface area contributed by atoms with Gasteiger partial charge in [0.2, 0.25) is 5.89 Å². The minimum Gasteiger partial charge on any atom is -0.415 e. The summed E-state index contributed by atoms with van der Waals surface area (Å²) in [6.07, 6.45) is -6.37. The first-order valence-electron chi connectivity index (χ1n) is 11.1. The predicted octanol–water partition coefficient (Wildman–Crippen LogP) is 4.92. The first-order chi connectivity index (χ1) is 17.1. The van der Waals surface area contributed by atoms with Crippen LogP contribution in [0.3, 0.4) is 0 Å². The summed E-state index contributed by atoms with van der Waals surface area (Å²) in [6, 6.07) is 6.50. The van der Waals surface area contributed by atoms with E-state index in [1.54, 1.807) is 0 Å². The Morgan fingerprint density at radius 2 is 1.81 bits per heavy atom. The smallest absolute Gasteiger partial charge is 0.415 e. The number of benzene rings is 2. The highest BCUT2D eigenvalue weighted by atomic mass is 19.4. The summed E-state index contributed by atoms with van der Waals surface area (Å²) in [6.45, 7) is 0.972. The molecule has 36 heavy (non-hydrogen) atoms. The Morgan fingerprint density at radius 3 is 2.44 bits per heavy atom. The van der Waals surface area contributed by atoms with Crippen LogP contribution in [0.2, 0.25) is 0 Å². The number of halogens is 6. The van der Waals surface area contributed by atoms with Crippen molar-refractivity contribution in [1.29, 1.82) is 0 Å². The van der Waals surface area contributed by atoms with Crippen LogP contribution in [0, 0.1) is 5.82 Å². The largest absolute Gasteiger partial charge is 0.416 e. The van der Waals surface area contributed by atoms with Gasteiger partial charge in [-0.05, 0) is 56.3 Å². The Bertz CT molecular complexity index is 1470. The Kier molecular flexibility index (Phi) is 6.10. The second-order valence-electron chi connectivity index (χ2n) is 8.47. The number of hydrogen-bond donors (Lipinski definition) is 1. The highest BCUT2D eigenvalue weighted by Crippen LogP contribution is 2.33. The molecule has 5 rings (SSSR count). The maximum Gasteiger partial charge on any atom is 0.416 e. The number of piperidine rings is 1. The zero-order chi connectivity index (χ0) is 25.6. The maximum atomic E-state index is 15.0. The third-order valence-corrected chi connectivity index (χ3v) is 6.22. The van der Waals surface area contributed by atoms with Crippen molar-refractivity contribution in [3.8, 4) is 11.5 Å². The minimum atomic E-state index is -4.63. The Balaban J connectivity index is 1.57. The highest BCUT2D eigenvalue weighted by Gasteiger charge is 2.32. The number of alkyl halides is 5. The zero-order valence-corrected chi connectivity index (χ0v) is 18.5. The molecule has 0 unspecified atom stereocenters. The summed E-state index contributed by atoms with van der Waals surface area (Å²) in [5.74, 6) is -2.04. The predicted molar refractivity (Wildman–Crippen MR) is 116 cm³/mol. The van der Waals surface area contributed by atoms with Crippen molar-refractivity contribution in [2.24, 2.45) is 0 Å². The lowest BCUT2D eigenvalue weighted by Crippen LogP contribution is -2.35. The molecule has 1 N–H and O–H groups in total. The molecule has 7 nitrogen and oxygen atoms in total. The van der Waals surface area contributed by atoms with Crippen molar-refractivity contribution in [3.63, 3.8) is 0 Å². The lowest BCUT2D eigenvalue weighted by atomic mass is 10.1. The summed E-state index contributed by atoms with van der Waals surface area (Å²) in [4.78, 5) is 13.4. The fourth-order valence-electron chi connectivity index (χ4n) is 4.44. The second-order valence-corrected chi connectivity index (χ2v) is 8.47. The number of rotatable bonds is 5. The lowest BCUT2D eigenvalue weighted by molar-refractivity contribution is -0.137. The van der Waals surface area contributed by atoms with Gasteiger partial charge in [0.05, 0.1) is 23.1 Å². The van der Waals surface area contributed by atoms with Crippen LogP contribution < -0.4 is 11.0 Å². The van der Waals surface area contributed by atoms with Crippen molar-refractivity contribution >= 4 is 11.0 Å². The molecule has 0 saturated carbocycles. The van der Waals surface area contributed by atoms with Gasteiger partial charge in [0.25, 0.3) is 5.89 Å². The molecule has 0 amide bonds. The average molecular weight is 511 g/mol. The molecule has 1 saturated heterocycles. The molecule has 0 aliphatic carbocycles. The lowest BCUT2D eigenvalue weighted by Gasteiger charge is -2.23. The van der Waals surface area contributed by atoms with E-state index < -0.39 is 35.6 Å². The number of fused-ring (bicyclic) bond motifs is 1. The third-order valence-electron chi connectivity index (χ3n) is 6.22. The van der Waals surface area contributed by atoms with Crippen LogP contribution in [0.1, 0.15) is 42.3 Å². The van der Waals surface area contributed by atoms with Crippen LogP contribution in [0.4, 0.5) is 26.3 Å². The molecule has 190 valence electrons.